The highest BCUT2D eigenvalue weighted by Crippen LogP contribution is 2.30. The number of rotatable bonds is 16. The quantitative estimate of drug-likeness (QED) is 0.143. The minimum atomic E-state index is -0.0970. The largest absolute Gasteiger partial charge is 0.497 e. The summed E-state index contributed by atoms with van der Waals surface area (Å²) < 4.78 is 11.1. The van der Waals surface area contributed by atoms with Crippen LogP contribution in [0.15, 0.2) is 84.2 Å². The lowest BCUT2D eigenvalue weighted by Gasteiger charge is -2.26. The van der Waals surface area contributed by atoms with Gasteiger partial charge >= 0.3 is 0 Å². The molecular formula is C34H41N3O3S. The molecule has 1 N–H and O–H groups in total. The predicted molar refractivity (Wildman–Crippen MR) is 167 cm³/mol. The third-order valence-electron chi connectivity index (χ3n) is 7.24. The molecule has 1 heterocycles. The third-order valence-corrected chi connectivity index (χ3v) is 8.07. The molecule has 0 radical (unpaired) electrons. The zero-order valence-corrected chi connectivity index (χ0v) is 25.2. The molecule has 4 aromatic rings. The number of hydrogen-bond donors (Lipinski definition) is 1. The second-order valence-corrected chi connectivity index (χ2v) is 11.1. The molecule has 3 aromatic carbocycles. The smallest absolute Gasteiger partial charge is 0.270 e. The molecule has 0 unspecified atom stereocenters. The van der Waals surface area contributed by atoms with E-state index in [1.807, 2.05) is 17.5 Å². The number of unbranched alkanes of at least 4 members (excludes halogenated alkanes) is 2. The molecule has 0 aliphatic heterocycles. The summed E-state index contributed by atoms with van der Waals surface area (Å²) >= 11 is 1.54. The molecule has 0 bridgehead atoms. The van der Waals surface area contributed by atoms with Gasteiger partial charge in [-0.25, -0.2) is 4.98 Å². The molecule has 6 nitrogen and oxygen atoms in total. The van der Waals surface area contributed by atoms with E-state index in [1.165, 1.54) is 22.5 Å². The standard InChI is InChI=1S/C34H41N3O3S/c1-4-5-12-20-35-34(38)31-25-41-33(36-31)24-37(23-28-17-18-29(39-2)22-32(28)40-3)21-19-30(26-13-8-6-9-14-26)27-15-10-7-11-16-27/h6-11,13-18,22,25,30H,4-5,12,19-21,23-24H2,1-3H3,(H,35,38). The van der Waals surface area contributed by atoms with Crippen LogP contribution in [0.3, 0.4) is 0 Å². The van der Waals surface area contributed by atoms with Crippen molar-refractivity contribution in [3.05, 3.63) is 112 Å². The minimum absolute atomic E-state index is 0.0970. The third kappa shape index (κ3) is 8.90. The highest BCUT2D eigenvalue weighted by molar-refractivity contribution is 7.09. The van der Waals surface area contributed by atoms with Crippen LogP contribution in [-0.4, -0.2) is 43.1 Å². The lowest BCUT2D eigenvalue weighted by atomic mass is 9.88. The van der Waals surface area contributed by atoms with Crippen molar-refractivity contribution in [2.24, 2.45) is 0 Å². The lowest BCUT2D eigenvalue weighted by molar-refractivity contribution is 0.0948. The molecule has 0 atom stereocenters. The first-order valence-electron chi connectivity index (χ1n) is 14.4. The zero-order chi connectivity index (χ0) is 28.9. The number of carbonyl (C=O) groups is 1. The normalized spacial score (nSPS) is 11.1. The van der Waals surface area contributed by atoms with Gasteiger partial charge in [0.2, 0.25) is 0 Å². The van der Waals surface area contributed by atoms with E-state index in [9.17, 15) is 4.79 Å². The Hall–Kier alpha value is -3.68. The Kier molecular flexibility index (Phi) is 11.8. The molecule has 0 aliphatic carbocycles. The fourth-order valence-corrected chi connectivity index (χ4v) is 5.81. The van der Waals surface area contributed by atoms with E-state index < -0.39 is 0 Å². The molecule has 216 valence electrons. The van der Waals surface area contributed by atoms with Gasteiger partial charge in [0.15, 0.2) is 0 Å². The maximum Gasteiger partial charge on any atom is 0.270 e. The summed E-state index contributed by atoms with van der Waals surface area (Å²) in [6.45, 7) is 5.00. The second-order valence-electron chi connectivity index (χ2n) is 10.1. The van der Waals surface area contributed by atoms with E-state index in [0.29, 0.717) is 25.3 Å². The van der Waals surface area contributed by atoms with Crippen molar-refractivity contribution < 1.29 is 14.3 Å². The van der Waals surface area contributed by atoms with Crippen LogP contribution >= 0.6 is 11.3 Å². The van der Waals surface area contributed by atoms with Crippen LogP contribution in [0.25, 0.3) is 0 Å². The highest BCUT2D eigenvalue weighted by Gasteiger charge is 2.19. The summed E-state index contributed by atoms with van der Waals surface area (Å²) in [7, 11) is 3.35. The number of thiazole rings is 1. The van der Waals surface area contributed by atoms with Gasteiger partial charge in [-0.2, -0.15) is 0 Å². The zero-order valence-electron chi connectivity index (χ0n) is 24.3. The molecule has 1 aromatic heterocycles. The van der Waals surface area contributed by atoms with Crippen LogP contribution in [0.5, 0.6) is 11.5 Å². The minimum Gasteiger partial charge on any atom is -0.497 e. The first kappa shape index (κ1) is 30.3. The van der Waals surface area contributed by atoms with Gasteiger partial charge in [-0.3, -0.25) is 9.69 Å². The molecule has 4 rings (SSSR count). The molecule has 0 saturated carbocycles. The van der Waals surface area contributed by atoms with E-state index in [0.717, 1.165) is 54.3 Å². The Balaban J connectivity index is 1.54. The van der Waals surface area contributed by atoms with E-state index in [-0.39, 0.29) is 11.8 Å². The Morgan fingerprint density at radius 1 is 0.927 bits per heavy atom. The monoisotopic (exact) mass is 571 g/mol. The SMILES string of the molecule is CCCCCNC(=O)c1csc(CN(CCC(c2ccccc2)c2ccccc2)Cc2ccc(OC)cc2OC)n1. The van der Waals surface area contributed by atoms with E-state index >= 15 is 0 Å². The average molecular weight is 572 g/mol. The van der Waals surface area contributed by atoms with Gasteiger partial charge in [-0.15, -0.1) is 11.3 Å². The molecule has 0 fully saturated rings. The maximum atomic E-state index is 12.7. The van der Waals surface area contributed by atoms with Gasteiger partial charge < -0.3 is 14.8 Å². The van der Waals surface area contributed by atoms with E-state index in [4.69, 9.17) is 14.5 Å². The maximum absolute atomic E-state index is 12.7. The van der Waals surface area contributed by atoms with Crippen LogP contribution in [0.4, 0.5) is 0 Å². The molecule has 0 spiro atoms. The Morgan fingerprint density at radius 2 is 1.63 bits per heavy atom. The summed E-state index contributed by atoms with van der Waals surface area (Å²) in [5.74, 6) is 1.72. The number of aromatic nitrogens is 1. The second kappa shape index (κ2) is 15.9. The number of hydrogen-bond acceptors (Lipinski definition) is 6. The van der Waals surface area contributed by atoms with Gasteiger partial charge in [0.05, 0.1) is 20.8 Å². The summed E-state index contributed by atoms with van der Waals surface area (Å²) in [5.41, 5.74) is 4.18. The summed E-state index contributed by atoms with van der Waals surface area (Å²) in [6, 6.07) is 27.3. The molecule has 41 heavy (non-hydrogen) atoms. The molecule has 7 heteroatoms. The van der Waals surface area contributed by atoms with Crippen LogP contribution in [-0.2, 0) is 13.1 Å². The molecule has 0 aliphatic rings. The number of amides is 1. The Labute approximate surface area is 248 Å². The average Bonchev–Trinajstić information content (AvgIpc) is 3.49. The molecule has 0 saturated heterocycles. The van der Waals surface area contributed by atoms with Crippen molar-refractivity contribution in [2.45, 2.75) is 51.6 Å². The van der Waals surface area contributed by atoms with E-state index in [2.05, 4.69) is 83.9 Å². The fourth-order valence-electron chi connectivity index (χ4n) is 4.99. The van der Waals surface area contributed by atoms with Gasteiger partial charge in [0.25, 0.3) is 5.91 Å². The first-order chi connectivity index (χ1) is 20.1. The highest BCUT2D eigenvalue weighted by atomic mass is 32.1. The number of carbonyl (C=O) groups excluding carboxylic acids is 1. The van der Waals surface area contributed by atoms with Crippen molar-refractivity contribution in [3.8, 4) is 11.5 Å². The van der Waals surface area contributed by atoms with Crippen molar-refractivity contribution in [3.63, 3.8) is 0 Å². The van der Waals surface area contributed by atoms with Gasteiger partial charge in [-0.1, -0.05) is 86.5 Å². The van der Waals surface area contributed by atoms with Crippen LogP contribution in [0.2, 0.25) is 0 Å². The van der Waals surface area contributed by atoms with Crippen LogP contribution in [0.1, 0.15) is 70.7 Å². The topological polar surface area (TPSA) is 63.7 Å². The number of methoxy groups -OCH3 is 2. The van der Waals surface area contributed by atoms with Crippen LogP contribution < -0.4 is 14.8 Å². The number of nitrogens with one attached hydrogen (secondary N) is 1. The van der Waals surface area contributed by atoms with Gasteiger partial charge in [0.1, 0.15) is 22.2 Å². The summed E-state index contributed by atoms with van der Waals surface area (Å²) in [4.78, 5) is 19.8. The number of benzene rings is 3. The predicted octanol–water partition coefficient (Wildman–Crippen LogP) is 7.30. The van der Waals surface area contributed by atoms with Gasteiger partial charge in [0, 0.05) is 36.0 Å². The summed E-state index contributed by atoms with van der Waals surface area (Å²) in [5, 5.41) is 5.80. The van der Waals surface area contributed by atoms with E-state index in [1.54, 1.807) is 14.2 Å². The molecule has 1 amide bonds. The Bertz CT molecular complexity index is 1300. The van der Waals surface area contributed by atoms with Crippen molar-refractivity contribution in [1.29, 1.82) is 0 Å². The Morgan fingerprint density at radius 3 is 2.27 bits per heavy atom. The van der Waals surface area contributed by atoms with Gasteiger partial charge in [-0.05, 0) is 36.6 Å². The molecular weight excluding hydrogens is 530 g/mol. The fraction of sp³-hybridized carbons (Fsp3) is 0.353. The first-order valence-corrected chi connectivity index (χ1v) is 15.2. The van der Waals surface area contributed by atoms with Crippen molar-refractivity contribution in [2.75, 3.05) is 27.3 Å². The summed E-state index contributed by atoms with van der Waals surface area (Å²) in [6.07, 6.45) is 4.16. The van der Waals surface area contributed by atoms with Crippen molar-refractivity contribution >= 4 is 17.2 Å². The number of ether oxygens (including phenoxy) is 2. The lowest BCUT2D eigenvalue weighted by Crippen LogP contribution is -2.26. The van der Waals surface area contributed by atoms with Crippen LogP contribution in [0, 0.1) is 0 Å². The van der Waals surface area contributed by atoms with Crippen molar-refractivity contribution in [1.82, 2.24) is 15.2 Å². The number of nitrogens with zero attached hydrogens (tertiary/aromatic N) is 2.